The molecule has 37 heavy (non-hydrogen) atoms. The number of ether oxygens (including phenoxy) is 1. The van der Waals surface area contributed by atoms with Gasteiger partial charge in [-0.2, -0.15) is 0 Å². The summed E-state index contributed by atoms with van der Waals surface area (Å²) in [7, 11) is 1.52. The summed E-state index contributed by atoms with van der Waals surface area (Å²) in [4.78, 5) is 4.78. The molecule has 1 aromatic heterocycles. The third kappa shape index (κ3) is 4.94. The smallest absolute Gasteiger partial charge is 0.194 e. The van der Waals surface area contributed by atoms with E-state index in [0.29, 0.717) is 22.3 Å². The summed E-state index contributed by atoms with van der Waals surface area (Å²) in [6.45, 7) is 0. The van der Waals surface area contributed by atoms with Crippen LogP contribution in [0.1, 0.15) is 41.3 Å². The van der Waals surface area contributed by atoms with Gasteiger partial charge in [-0.3, -0.25) is 4.57 Å². The van der Waals surface area contributed by atoms with E-state index in [1.165, 1.54) is 31.0 Å². The highest BCUT2D eigenvalue weighted by atomic mass is 35.5. The minimum absolute atomic E-state index is 0.0834. The zero-order valence-corrected chi connectivity index (χ0v) is 21.8. The number of benzene rings is 3. The molecule has 192 valence electrons. The number of methoxy groups -OCH3 is 1. The van der Waals surface area contributed by atoms with Gasteiger partial charge in [0.25, 0.3) is 0 Å². The molecule has 0 N–H and O–H groups in total. The average Bonchev–Trinajstić information content (AvgIpc) is 3.25. The molecule has 0 aliphatic heterocycles. The minimum Gasteiger partial charge on any atom is -0.495 e. The first-order chi connectivity index (χ1) is 17.8. The maximum atomic E-state index is 14.5. The van der Waals surface area contributed by atoms with Crippen molar-refractivity contribution in [1.82, 2.24) is 9.55 Å². The van der Waals surface area contributed by atoms with E-state index in [4.69, 9.17) is 32.9 Å². The van der Waals surface area contributed by atoms with E-state index < -0.39 is 23.3 Å². The molecule has 0 radical (unpaired) electrons. The highest BCUT2D eigenvalue weighted by Crippen LogP contribution is 2.43. The summed E-state index contributed by atoms with van der Waals surface area (Å²) < 4.78 is 64.0. The maximum Gasteiger partial charge on any atom is 0.194 e. The van der Waals surface area contributed by atoms with Crippen molar-refractivity contribution in [2.24, 2.45) is 0 Å². The molecule has 0 fully saturated rings. The Hall–Kier alpha value is -2.68. The van der Waals surface area contributed by atoms with Crippen molar-refractivity contribution in [2.75, 3.05) is 7.11 Å². The van der Waals surface area contributed by atoms with Crippen molar-refractivity contribution in [3.05, 3.63) is 104 Å². The molecular weight excluding hydrogens is 547 g/mol. The van der Waals surface area contributed by atoms with Crippen LogP contribution in [0.5, 0.6) is 5.75 Å². The lowest BCUT2D eigenvalue weighted by Gasteiger charge is -2.26. The Balaban J connectivity index is 1.67. The molecular formula is C27H20Cl2F4N2OS. The lowest BCUT2D eigenvalue weighted by molar-refractivity contribution is 0.414. The quantitative estimate of drug-likeness (QED) is 0.133. The molecule has 0 spiro atoms. The van der Waals surface area contributed by atoms with Crippen LogP contribution in [0.4, 0.5) is 17.6 Å². The predicted molar refractivity (Wildman–Crippen MR) is 137 cm³/mol. The molecule has 1 atom stereocenters. The Bertz CT molecular complexity index is 1450. The molecule has 1 unspecified atom stereocenters. The Morgan fingerprint density at radius 2 is 1.76 bits per heavy atom. The van der Waals surface area contributed by atoms with Gasteiger partial charge in [-0.05, 0) is 49.1 Å². The first kappa shape index (κ1) is 25.9. The summed E-state index contributed by atoms with van der Waals surface area (Å²) in [5, 5.41) is 1.11. The number of aromatic nitrogens is 2. The van der Waals surface area contributed by atoms with Gasteiger partial charge < -0.3 is 4.74 Å². The van der Waals surface area contributed by atoms with Gasteiger partial charge in [0.2, 0.25) is 0 Å². The average molecular weight is 567 g/mol. The van der Waals surface area contributed by atoms with Crippen LogP contribution in [0.2, 0.25) is 10.0 Å². The van der Waals surface area contributed by atoms with E-state index in [0.717, 1.165) is 41.9 Å². The highest BCUT2D eigenvalue weighted by molar-refractivity contribution is 7.98. The molecule has 1 aliphatic rings. The monoisotopic (exact) mass is 566 g/mol. The third-order valence-electron chi connectivity index (χ3n) is 6.41. The SMILES string of the molecule is COc1cc(C2CCCc3nc(SCc4c(F)cccc4Cl)n(-c4cc(F)c(F)c(F)c4)c32)ccc1Cl. The zero-order chi connectivity index (χ0) is 26.3. The van der Waals surface area contributed by atoms with Gasteiger partial charge in [-0.1, -0.05) is 47.1 Å². The van der Waals surface area contributed by atoms with Crippen LogP contribution < -0.4 is 4.74 Å². The lowest BCUT2D eigenvalue weighted by Crippen LogP contribution is -2.15. The van der Waals surface area contributed by atoms with E-state index >= 15 is 0 Å². The van der Waals surface area contributed by atoms with Crippen LogP contribution in [0.25, 0.3) is 5.69 Å². The summed E-state index contributed by atoms with van der Waals surface area (Å²) in [6, 6.07) is 11.7. The summed E-state index contributed by atoms with van der Waals surface area (Å²) in [5.74, 6) is -4.22. The number of hydrogen-bond donors (Lipinski definition) is 0. The van der Waals surface area contributed by atoms with Crippen LogP contribution >= 0.6 is 35.0 Å². The van der Waals surface area contributed by atoms with Gasteiger partial charge in [0.1, 0.15) is 11.6 Å². The van der Waals surface area contributed by atoms with Crippen LogP contribution in [0.3, 0.4) is 0 Å². The van der Waals surface area contributed by atoms with E-state index in [9.17, 15) is 17.6 Å². The minimum atomic E-state index is -1.55. The molecule has 3 nitrogen and oxygen atoms in total. The lowest BCUT2D eigenvalue weighted by atomic mass is 9.84. The van der Waals surface area contributed by atoms with Crippen molar-refractivity contribution >= 4 is 35.0 Å². The highest BCUT2D eigenvalue weighted by Gasteiger charge is 2.31. The zero-order valence-electron chi connectivity index (χ0n) is 19.5. The fourth-order valence-electron chi connectivity index (χ4n) is 4.65. The summed E-state index contributed by atoms with van der Waals surface area (Å²) in [6.07, 6.45) is 2.21. The second-order valence-corrected chi connectivity index (χ2v) is 10.4. The number of imidazole rings is 1. The Morgan fingerprint density at radius 3 is 2.46 bits per heavy atom. The molecule has 0 saturated heterocycles. The Kier molecular flexibility index (Phi) is 7.43. The summed E-state index contributed by atoms with van der Waals surface area (Å²) in [5.41, 5.74) is 2.73. The standard InChI is InChI=1S/C27H20Cl2F4N2OS/c1-36-24-10-14(8-9-19(24)29)16-4-2-7-23-26(16)35(15-11-21(31)25(33)22(32)12-15)27(34-23)37-13-17-18(28)5-3-6-20(17)30/h3,5-6,8-12,16H,2,4,7,13H2,1H3. The molecule has 4 aromatic rings. The molecule has 3 aromatic carbocycles. The van der Waals surface area contributed by atoms with Gasteiger partial charge in [0.05, 0.1) is 29.2 Å². The van der Waals surface area contributed by atoms with E-state index in [-0.39, 0.29) is 27.9 Å². The van der Waals surface area contributed by atoms with Gasteiger partial charge in [-0.25, -0.2) is 22.5 Å². The van der Waals surface area contributed by atoms with E-state index in [1.807, 2.05) is 12.1 Å². The normalized spacial score (nSPS) is 15.1. The number of hydrogen-bond acceptors (Lipinski definition) is 3. The van der Waals surface area contributed by atoms with Gasteiger partial charge in [-0.15, -0.1) is 0 Å². The molecule has 1 aliphatic carbocycles. The molecule has 0 bridgehead atoms. The number of rotatable bonds is 6. The van der Waals surface area contributed by atoms with Crippen molar-refractivity contribution in [3.8, 4) is 11.4 Å². The molecule has 0 saturated carbocycles. The van der Waals surface area contributed by atoms with Crippen LogP contribution in [-0.2, 0) is 12.2 Å². The maximum absolute atomic E-state index is 14.5. The van der Waals surface area contributed by atoms with E-state index in [1.54, 1.807) is 16.7 Å². The first-order valence-corrected chi connectivity index (χ1v) is 13.2. The van der Waals surface area contributed by atoms with Crippen LogP contribution in [0.15, 0.2) is 53.7 Å². The van der Waals surface area contributed by atoms with Crippen LogP contribution in [0, 0.1) is 23.3 Å². The van der Waals surface area contributed by atoms with Crippen molar-refractivity contribution in [1.29, 1.82) is 0 Å². The van der Waals surface area contributed by atoms with Gasteiger partial charge in [0, 0.05) is 34.4 Å². The van der Waals surface area contributed by atoms with Gasteiger partial charge >= 0.3 is 0 Å². The van der Waals surface area contributed by atoms with Gasteiger partial charge in [0.15, 0.2) is 22.6 Å². The van der Waals surface area contributed by atoms with Crippen molar-refractivity contribution in [2.45, 2.75) is 36.1 Å². The third-order valence-corrected chi connectivity index (χ3v) is 8.04. The fraction of sp³-hybridized carbons (Fsp3) is 0.222. The van der Waals surface area contributed by atoms with Crippen LogP contribution in [-0.4, -0.2) is 16.7 Å². The largest absolute Gasteiger partial charge is 0.495 e. The number of thioether (sulfide) groups is 1. The van der Waals surface area contributed by atoms with E-state index in [2.05, 4.69) is 0 Å². The molecule has 1 heterocycles. The summed E-state index contributed by atoms with van der Waals surface area (Å²) >= 11 is 13.6. The number of aryl methyl sites for hydroxylation is 1. The first-order valence-electron chi connectivity index (χ1n) is 11.4. The predicted octanol–water partition coefficient (Wildman–Crippen LogP) is 8.50. The number of nitrogens with zero attached hydrogens (tertiary/aromatic N) is 2. The molecule has 10 heteroatoms. The topological polar surface area (TPSA) is 27.1 Å². The Labute approximate surface area is 225 Å². The Morgan fingerprint density at radius 1 is 1.00 bits per heavy atom. The van der Waals surface area contributed by atoms with Crippen molar-refractivity contribution < 1.29 is 22.3 Å². The number of fused-ring (bicyclic) bond motifs is 1. The van der Waals surface area contributed by atoms with Crippen molar-refractivity contribution in [3.63, 3.8) is 0 Å². The molecule has 0 amide bonds. The number of halogens is 6. The second kappa shape index (κ2) is 10.6. The second-order valence-electron chi connectivity index (χ2n) is 8.61. The molecule has 5 rings (SSSR count). The fourth-order valence-corrected chi connectivity index (χ4v) is 6.23.